The Balaban J connectivity index is 1.58. The normalized spacial score (nSPS) is 14.5. The van der Waals surface area contributed by atoms with E-state index in [0.29, 0.717) is 57.8 Å². The van der Waals surface area contributed by atoms with Crippen LogP contribution in [0.1, 0.15) is 38.8 Å². The molecule has 2 N–H and O–H groups in total. The molecule has 1 aromatic heterocycles. The molecular formula is C29H28ClN3O5. The minimum atomic E-state index is -0.457. The number of amides is 1. The second-order valence-corrected chi connectivity index (χ2v) is 9.50. The number of benzene rings is 3. The van der Waals surface area contributed by atoms with Crippen LogP contribution < -0.4 is 14.2 Å². The number of aryl methyl sites for hydroxylation is 1. The van der Waals surface area contributed by atoms with Crippen LogP contribution in [0.15, 0.2) is 54.6 Å². The van der Waals surface area contributed by atoms with Crippen molar-refractivity contribution >= 4 is 17.5 Å². The minimum absolute atomic E-state index is 0.0434. The van der Waals surface area contributed by atoms with Crippen molar-refractivity contribution in [2.45, 2.75) is 19.4 Å². The maximum absolute atomic E-state index is 13.7. The first-order valence-corrected chi connectivity index (χ1v) is 12.5. The van der Waals surface area contributed by atoms with Gasteiger partial charge in [0.05, 0.1) is 27.4 Å². The Labute approximate surface area is 225 Å². The quantitative estimate of drug-likeness (QED) is 0.308. The number of aromatic nitrogens is 2. The molecule has 0 fully saturated rings. The molecule has 38 heavy (non-hydrogen) atoms. The van der Waals surface area contributed by atoms with Crippen LogP contribution in [0.25, 0.3) is 11.3 Å². The number of nitrogens with zero attached hydrogens (tertiary/aromatic N) is 2. The maximum Gasteiger partial charge on any atom is 0.273 e. The molecule has 8 nitrogen and oxygen atoms in total. The highest BCUT2D eigenvalue weighted by atomic mass is 35.5. The van der Waals surface area contributed by atoms with E-state index in [2.05, 4.69) is 10.2 Å². The van der Waals surface area contributed by atoms with Crippen molar-refractivity contribution in [1.82, 2.24) is 15.1 Å². The van der Waals surface area contributed by atoms with Gasteiger partial charge in [-0.25, -0.2) is 0 Å². The molecule has 0 saturated carbocycles. The van der Waals surface area contributed by atoms with E-state index in [1.54, 1.807) is 33.5 Å². The first-order valence-electron chi connectivity index (χ1n) is 12.1. The number of carbonyl (C=O) groups excluding carboxylic acids is 1. The monoisotopic (exact) mass is 533 g/mol. The highest BCUT2D eigenvalue weighted by molar-refractivity contribution is 6.31. The lowest BCUT2D eigenvalue weighted by molar-refractivity contribution is 0.0745. The molecule has 4 aromatic rings. The molecule has 0 saturated heterocycles. The SMILES string of the molecule is COc1cccc(C2c3c(-c4cc(Cl)c(C)cc4O)n[nH]c3C(=O)N2CCc2ccc(OC)c(OC)c2)c1. The molecule has 2 heterocycles. The molecule has 196 valence electrons. The summed E-state index contributed by atoms with van der Waals surface area (Å²) in [4.78, 5) is 15.5. The van der Waals surface area contributed by atoms with E-state index in [9.17, 15) is 9.90 Å². The van der Waals surface area contributed by atoms with E-state index in [4.69, 9.17) is 25.8 Å². The van der Waals surface area contributed by atoms with Crippen molar-refractivity contribution in [2.75, 3.05) is 27.9 Å². The Hall–Kier alpha value is -4.17. The predicted molar refractivity (Wildman–Crippen MR) is 145 cm³/mol. The number of phenols is 1. The van der Waals surface area contributed by atoms with E-state index >= 15 is 0 Å². The third-order valence-electron chi connectivity index (χ3n) is 6.89. The molecule has 1 amide bonds. The Morgan fingerprint density at radius 1 is 1.03 bits per heavy atom. The number of nitrogens with one attached hydrogen (secondary N) is 1. The van der Waals surface area contributed by atoms with Crippen LogP contribution in [0.4, 0.5) is 0 Å². The lowest BCUT2D eigenvalue weighted by atomic mass is 9.95. The Morgan fingerprint density at radius 2 is 1.82 bits per heavy atom. The molecule has 9 heteroatoms. The maximum atomic E-state index is 13.7. The van der Waals surface area contributed by atoms with Gasteiger partial charge in [-0.3, -0.25) is 9.89 Å². The summed E-state index contributed by atoms with van der Waals surface area (Å²) in [5.41, 5.74) is 4.62. The number of hydrogen-bond acceptors (Lipinski definition) is 6. The van der Waals surface area contributed by atoms with Gasteiger partial charge in [0.1, 0.15) is 22.9 Å². The summed E-state index contributed by atoms with van der Waals surface area (Å²) in [5, 5.41) is 18.7. The van der Waals surface area contributed by atoms with Gasteiger partial charge in [0.2, 0.25) is 0 Å². The number of rotatable bonds is 8. The molecule has 0 radical (unpaired) electrons. The number of carbonyl (C=O) groups is 1. The summed E-state index contributed by atoms with van der Waals surface area (Å²) in [7, 11) is 4.80. The first-order chi connectivity index (χ1) is 18.4. The topological polar surface area (TPSA) is 96.9 Å². The molecule has 3 aromatic carbocycles. The number of fused-ring (bicyclic) bond motifs is 1. The number of methoxy groups -OCH3 is 3. The van der Waals surface area contributed by atoms with Crippen molar-refractivity contribution in [2.24, 2.45) is 0 Å². The van der Waals surface area contributed by atoms with E-state index < -0.39 is 6.04 Å². The van der Waals surface area contributed by atoms with Gasteiger partial charge in [0.15, 0.2) is 11.5 Å². The van der Waals surface area contributed by atoms with Crippen molar-refractivity contribution in [3.63, 3.8) is 0 Å². The van der Waals surface area contributed by atoms with Gasteiger partial charge in [0, 0.05) is 22.7 Å². The Kier molecular flexibility index (Phi) is 6.91. The average molecular weight is 534 g/mol. The van der Waals surface area contributed by atoms with Gasteiger partial charge < -0.3 is 24.2 Å². The summed E-state index contributed by atoms with van der Waals surface area (Å²) in [6.07, 6.45) is 0.585. The van der Waals surface area contributed by atoms with Crippen LogP contribution in [-0.4, -0.2) is 54.0 Å². The second kappa shape index (κ2) is 10.3. The summed E-state index contributed by atoms with van der Waals surface area (Å²) < 4.78 is 16.3. The minimum Gasteiger partial charge on any atom is -0.507 e. The fourth-order valence-corrected chi connectivity index (χ4v) is 5.10. The molecule has 0 aliphatic carbocycles. The zero-order valence-corrected chi connectivity index (χ0v) is 22.3. The predicted octanol–water partition coefficient (Wildman–Crippen LogP) is 5.56. The van der Waals surface area contributed by atoms with Crippen molar-refractivity contribution in [3.8, 4) is 34.3 Å². The van der Waals surface area contributed by atoms with Crippen LogP contribution in [0, 0.1) is 6.92 Å². The largest absolute Gasteiger partial charge is 0.507 e. The van der Waals surface area contributed by atoms with E-state index in [0.717, 1.165) is 16.7 Å². The van der Waals surface area contributed by atoms with Crippen LogP contribution in [0.5, 0.6) is 23.0 Å². The Morgan fingerprint density at radius 3 is 2.55 bits per heavy atom. The number of halogens is 1. The first kappa shape index (κ1) is 25.5. The zero-order valence-electron chi connectivity index (χ0n) is 21.5. The Bertz CT molecular complexity index is 1520. The third kappa shape index (κ3) is 4.41. The summed E-state index contributed by atoms with van der Waals surface area (Å²) >= 11 is 6.41. The number of hydrogen-bond donors (Lipinski definition) is 2. The summed E-state index contributed by atoms with van der Waals surface area (Å²) in [6, 6.07) is 16.2. The molecular weight excluding hydrogens is 506 g/mol. The van der Waals surface area contributed by atoms with Crippen molar-refractivity contribution in [1.29, 1.82) is 0 Å². The lowest BCUT2D eigenvalue weighted by Gasteiger charge is -2.27. The highest BCUT2D eigenvalue weighted by Gasteiger charge is 2.42. The van der Waals surface area contributed by atoms with Crippen LogP contribution in [0.3, 0.4) is 0 Å². The van der Waals surface area contributed by atoms with Crippen LogP contribution in [0.2, 0.25) is 5.02 Å². The molecule has 1 aliphatic rings. The van der Waals surface area contributed by atoms with E-state index in [1.165, 1.54) is 0 Å². The van der Waals surface area contributed by atoms with Crippen molar-refractivity contribution in [3.05, 3.63) is 87.6 Å². The molecule has 1 aliphatic heterocycles. The second-order valence-electron chi connectivity index (χ2n) is 9.10. The van der Waals surface area contributed by atoms with Gasteiger partial charge >= 0.3 is 0 Å². The molecule has 1 unspecified atom stereocenters. The van der Waals surface area contributed by atoms with Gasteiger partial charge in [-0.2, -0.15) is 5.10 Å². The summed E-state index contributed by atoms with van der Waals surface area (Å²) in [6.45, 7) is 2.25. The standard InChI is InChI=1S/C29H28ClN3O5/c1-16-12-22(34)20(15-21(16)30)26-25-27(32-31-26)29(35)33(28(25)18-6-5-7-19(14-18)36-2)11-10-17-8-9-23(37-3)24(13-17)38-4/h5-9,12-15,28,34H,10-11H2,1-4H3,(H,31,32). The zero-order chi connectivity index (χ0) is 27.0. The third-order valence-corrected chi connectivity index (χ3v) is 7.30. The van der Waals surface area contributed by atoms with Crippen LogP contribution >= 0.6 is 11.6 Å². The van der Waals surface area contributed by atoms with Crippen molar-refractivity contribution < 1.29 is 24.1 Å². The summed E-state index contributed by atoms with van der Waals surface area (Å²) in [5.74, 6) is 1.82. The van der Waals surface area contributed by atoms with Gasteiger partial charge in [-0.15, -0.1) is 0 Å². The highest BCUT2D eigenvalue weighted by Crippen LogP contribution is 2.46. The fraction of sp³-hybridized carbons (Fsp3) is 0.241. The smallest absolute Gasteiger partial charge is 0.273 e. The number of phenolic OH excluding ortho intramolecular Hbond substituents is 1. The molecule has 1 atom stereocenters. The number of H-pyrrole nitrogens is 1. The molecule has 0 bridgehead atoms. The fourth-order valence-electron chi connectivity index (χ4n) is 4.93. The van der Waals surface area contributed by atoms with E-state index in [1.807, 2.05) is 54.3 Å². The van der Waals surface area contributed by atoms with Gasteiger partial charge in [-0.1, -0.05) is 29.8 Å². The number of aromatic amines is 1. The molecule has 0 spiro atoms. The van der Waals surface area contributed by atoms with Crippen LogP contribution in [-0.2, 0) is 6.42 Å². The number of aromatic hydroxyl groups is 1. The lowest BCUT2D eigenvalue weighted by Crippen LogP contribution is -2.31. The number of ether oxygens (including phenoxy) is 3. The van der Waals surface area contributed by atoms with E-state index in [-0.39, 0.29) is 11.7 Å². The molecule has 5 rings (SSSR count). The van der Waals surface area contributed by atoms with Gasteiger partial charge in [-0.05, 0) is 66.4 Å². The van der Waals surface area contributed by atoms with Gasteiger partial charge in [0.25, 0.3) is 5.91 Å². The average Bonchev–Trinajstić information content (AvgIpc) is 3.47.